The number of fused-ring (bicyclic) bond motifs is 1. The predicted octanol–water partition coefficient (Wildman–Crippen LogP) is 2.71. The average molecular weight is 298 g/mol. The number of hydrogen-bond acceptors (Lipinski definition) is 3. The number of hydrogen-bond donors (Lipinski definition) is 2. The van der Waals surface area contributed by atoms with Crippen molar-refractivity contribution >= 4 is 16.8 Å². The normalized spacial score (nSPS) is 21.7. The van der Waals surface area contributed by atoms with Crippen molar-refractivity contribution in [1.29, 1.82) is 0 Å². The third-order valence-corrected chi connectivity index (χ3v) is 4.59. The molecule has 116 valence electrons. The summed E-state index contributed by atoms with van der Waals surface area (Å²) in [5, 5.41) is 13.8. The van der Waals surface area contributed by atoms with Crippen molar-refractivity contribution in [2.24, 2.45) is 5.92 Å². The highest BCUT2D eigenvalue weighted by Gasteiger charge is 2.25. The van der Waals surface area contributed by atoms with Gasteiger partial charge in [0, 0.05) is 24.0 Å². The van der Waals surface area contributed by atoms with Crippen molar-refractivity contribution < 1.29 is 9.90 Å². The quantitative estimate of drug-likeness (QED) is 0.916. The van der Waals surface area contributed by atoms with Crippen LogP contribution in [0.4, 0.5) is 0 Å². The lowest BCUT2D eigenvalue weighted by atomic mass is 9.86. The van der Waals surface area contributed by atoms with Crippen LogP contribution in [0.5, 0.6) is 0 Å². The molecule has 4 heteroatoms. The molecule has 1 aromatic heterocycles. The Hall–Kier alpha value is -1.94. The van der Waals surface area contributed by atoms with Gasteiger partial charge in [-0.05, 0) is 49.4 Å². The number of carbonyl (C=O) groups excluding carboxylic acids is 1. The fourth-order valence-electron chi connectivity index (χ4n) is 3.28. The molecule has 0 saturated heterocycles. The van der Waals surface area contributed by atoms with Crippen LogP contribution in [0.2, 0.25) is 0 Å². The molecule has 22 heavy (non-hydrogen) atoms. The Bertz CT molecular complexity index is 684. The van der Waals surface area contributed by atoms with Gasteiger partial charge in [-0.1, -0.05) is 18.6 Å². The fraction of sp³-hybridized carbons (Fsp3) is 0.444. The molecule has 1 aromatic carbocycles. The summed E-state index contributed by atoms with van der Waals surface area (Å²) in [5.74, 6) is -0.00352. The zero-order valence-corrected chi connectivity index (χ0v) is 12.9. The molecule has 1 amide bonds. The number of carbonyl (C=O) groups is 1. The van der Waals surface area contributed by atoms with E-state index in [1.807, 2.05) is 24.3 Å². The highest BCUT2D eigenvalue weighted by atomic mass is 16.3. The van der Waals surface area contributed by atoms with Crippen LogP contribution >= 0.6 is 0 Å². The van der Waals surface area contributed by atoms with Gasteiger partial charge in [0.05, 0.1) is 11.6 Å². The smallest absolute Gasteiger partial charge is 0.223 e. The van der Waals surface area contributed by atoms with E-state index < -0.39 is 0 Å². The Kier molecular flexibility index (Phi) is 4.39. The molecular weight excluding hydrogens is 276 g/mol. The topological polar surface area (TPSA) is 62.2 Å². The molecule has 0 bridgehead atoms. The standard InChI is InChI=1S/C18H22N2O2/c1-12-7-8-17-15(6-3-9-19-17)16(12)11-20-18(22)13-4-2-5-14(21)10-13/h3,6-9,13-14,21H,2,4-5,10-11H2,1H3,(H,20,22)/t13-,14+/m0/s1. The lowest BCUT2D eigenvalue weighted by Crippen LogP contribution is -2.34. The van der Waals surface area contributed by atoms with E-state index in [9.17, 15) is 9.90 Å². The van der Waals surface area contributed by atoms with E-state index >= 15 is 0 Å². The summed E-state index contributed by atoms with van der Waals surface area (Å²) in [4.78, 5) is 16.7. The van der Waals surface area contributed by atoms with Crippen LogP contribution < -0.4 is 5.32 Å². The molecule has 1 fully saturated rings. The van der Waals surface area contributed by atoms with E-state index in [0.717, 1.165) is 41.3 Å². The molecule has 0 spiro atoms. The van der Waals surface area contributed by atoms with Crippen LogP contribution in [-0.2, 0) is 11.3 Å². The first-order chi connectivity index (χ1) is 10.6. The maximum absolute atomic E-state index is 12.3. The molecule has 0 aliphatic heterocycles. The molecule has 0 radical (unpaired) electrons. The second kappa shape index (κ2) is 6.44. The lowest BCUT2D eigenvalue weighted by molar-refractivity contribution is -0.127. The molecule has 2 atom stereocenters. The second-order valence-corrected chi connectivity index (χ2v) is 6.17. The number of benzene rings is 1. The largest absolute Gasteiger partial charge is 0.393 e. The summed E-state index contributed by atoms with van der Waals surface area (Å²) in [7, 11) is 0. The number of amides is 1. The maximum Gasteiger partial charge on any atom is 0.223 e. The van der Waals surface area contributed by atoms with E-state index in [0.29, 0.717) is 13.0 Å². The minimum atomic E-state index is -0.326. The number of aliphatic hydroxyl groups is 1. The molecule has 4 nitrogen and oxygen atoms in total. The van der Waals surface area contributed by atoms with Gasteiger partial charge in [0.15, 0.2) is 0 Å². The van der Waals surface area contributed by atoms with Crippen LogP contribution in [0, 0.1) is 12.8 Å². The Morgan fingerprint density at radius 2 is 2.23 bits per heavy atom. The van der Waals surface area contributed by atoms with Crippen LogP contribution in [-0.4, -0.2) is 22.1 Å². The lowest BCUT2D eigenvalue weighted by Gasteiger charge is -2.25. The number of aryl methyl sites for hydroxylation is 1. The third kappa shape index (κ3) is 3.12. The summed E-state index contributed by atoms with van der Waals surface area (Å²) in [6.07, 6.45) is 4.66. The van der Waals surface area contributed by atoms with Crippen LogP contribution in [0.25, 0.3) is 10.9 Å². The summed E-state index contributed by atoms with van der Waals surface area (Å²) in [5.41, 5.74) is 3.23. The van der Waals surface area contributed by atoms with Crippen molar-refractivity contribution in [3.05, 3.63) is 41.6 Å². The minimum absolute atomic E-state index is 0.0547. The van der Waals surface area contributed by atoms with Crippen molar-refractivity contribution in [3.63, 3.8) is 0 Å². The molecular formula is C18H22N2O2. The first-order valence-electron chi connectivity index (χ1n) is 7.94. The number of nitrogens with zero attached hydrogens (tertiary/aromatic N) is 1. The van der Waals surface area contributed by atoms with Gasteiger partial charge in [0.25, 0.3) is 0 Å². The Labute approximate surface area is 130 Å². The molecule has 1 heterocycles. The fourth-order valence-corrected chi connectivity index (χ4v) is 3.28. The second-order valence-electron chi connectivity index (χ2n) is 6.17. The van der Waals surface area contributed by atoms with Crippen LogP contribution in [0.1, 0.15) is 36.8 Å². The summed E-state index contributed by atoms with van der Waals surface area (Å²) < 4.78 is 0. The van der Waals surface area contributed by atoms with Gasteiger partial charge in [-0.2, -0.15) is 0 Å². The Balaban J connectivity index is 1.73. The number of pyridine rings is 1. The summed E-state index contributed by atoms with van der Waals surface area (Å²) in [6, 6.07) is 8.01. The minimum Gasteiger partial charge on any atom is -0.393 e. The van der Waals surface area contributed by atoms with E-state index in [2.05, 4.69) is 17.2 Å². The van der Waals surface area contributed by atoms with Crippen molar-refractivity contribution in [2.45, 2.75) is 45.3 Å². The highest BCUT2D eigenvalue weighted by molar-refractivity contribution is 5.84. The first kappa shape index (κ1) is 15.0. The van der Waals surface area contributed by atoms with Crippen LogP contribution in [0.3, 0.4) is 0 Å². The van der Waals surface area contributed by atoms with Gasteiger partial charge in [-0.3, -0.25) is 9.78 Å². The maximum atomic E-state index is 12.3. The van der Waals surface area contributed by atoms with Gasteiger partial charge in [-0.25, -0.2) is 0 Å². The zero-order chi connectivity index (χ0) is 15.5. The number of aliphatic hydroxyl groups excluding tert-OH is 1. The van der Waals surface area contributed by atoms with Crippen molar-refractivity contribution in [1.82, 2.24) is 10.3 Å². The highest BCUT2D eigenvalue weighted by Crippen LogP contribution is 2.25. The molecule has 3 rings (SSSR count). The predicted molar refractivity (Wildman–Crippen MR) is 86.3 cm³/mol. The molecule has 2 N–H and O–H groups in total. The zero-order valence-electron chi connectivity index (χ0n) is 12.9. The van der Waals surface area contributed by atoms with E-state index in [4.69, 9.17) is 0 Å². The van der Waals surface area contributed by atoms with Gasteiger partial charge >= 0.3 is 0 Å². The molecule has 1 aliphatic rings. The van der Waals surface area contributed by atoms with E-state index in [1.165, 1.54) is 0 Å². The number of nitrogens with one attached hydrogen (secondary N) is 1. The first-order valence-corrected chi connectivity index (χ1v) is 7.94. The van der Waals surface area contributed by atoms with Gasteiger partial charge < -0.3 is 10.4 Å². The summed E-state index contributed by atoms with van der Waals surface area (Å²) >= 11 is 0. The van der Waals surface area contributed by atoms with E-state index in [-0.39, 0.29) is 17.9 Å². The molecule has 2 aromatic rings. The SMILES string of the molecule is Cc1ccc2ncccc2c1CNC(=O)[C@H]1CCC[C@@H](O)C1. The van der Waals surface area contributed by atoms with Crippen LogP contribution in [0.15, 0.2) is 30.5 Å². The monoisotopic (exact) mass is 298 g/mol. The molecule has 0 unspecified atom stereocenters. The van der Waals surface area contributed by atoms with Gasteiger partial charge in [-0.15, -0.1) is 0 Å². The van der Waals surface area contributed by atoms with Crippen molar-refractivity contribution in [3.8, 4) is 0 Å². The number of rotatable bonds is 3. The van der Waals surface area contributed by atoms with Gasteiger partial charge in [0.1, 0.15) is 0 Å². The number of aromatic nitrogens is 1. The average Bonchev–Trinajstić information content (AvgIpc) is 2.53. The Morgan fingerprint density at radius 1 is 1.36 bits per heavy atom. The molecule has 1 aliphatic carbocycles. The molecule has 1 saturated carbocycles. The summed E-state index contributed by atoms with van der Waals surface area (Å²) in [6.45, 7) is 2.57. The van der Waals surface area contributed by atoms with E-state index in [1.54, 1.807) is 6.20 Å². The van der Waals surface area contributed by atoms with Crippen molar-refractivity contribution in [2.75, 3.05) is 0 Å². The van der Waals surface area contributed by atoms with Gasteiger partial charge in [0.2, 0.25) is 5.91 Å². The Morgan fingerprint density at radius 3 is 3.05 bits per heavy atom. The third-order valence-electron chi connectivity index (χ3n) is 4.59.